The van der Waals surface area contributed by atoms with Crippen molar-refractivity contribution in [3.05, 3.63) is 0 Å². The van der Waals surface area contributed by atoms with Gasteiger partial charge in [0.05, 0.1) is 0 Å². The molecule has 0 aromatic heterocycles. The van der Waals surface area contributed by atoms with E-state index in [0.29, 0.717) is 0 Å². The van der Waals surface area contributed by atoms with Crippen molar-refractivity contribution >= 4 is 0 Å². The molecule has 0 unspecified atom stereocenters. The smallest absolute Gasteiger partial charge is 0.200 e. The third-order valence-electron chi connectivity index (χ3n) is 4.83. The van der Waals surface area contributed by atoms with Gasteiger partial charge in [0, 0.05) is 12.8 Å². The molecule has 0 aromatic carbocycles. The Morgan fingerprint density at radius 3 is 0.848 bits per heavy atom. The summed E-state index contributed by atoms with van der Waals surface area (Å²) in [6, 6.07) is 0. The highest BCUT2D eigenvalue weighted by molar-refractivity contribution is 5.15. The molecule has 0 N–H and O–H groups in total. The molecule has 0 atom stereocenters. The lowest BCUT2D eigenvalue weighted by Crippen LogP contribution is -2.74. The molecule has 0 spiro atoms. The summed E-state index contributed by atoms with van der Waals surface area (Å²) in [7, 11) is 0. The standard InChI is InChI=1S/C17H20F16/c1-3-5-7-9-11(20,21)13(24,25)15(28,29)17(32,33)16(30,31)14(26,27)12(22,23)10(18,19)8-6-4-2/h3-9H2,1-2H3. The molecule has 0 amide bonds. The van der Waals surface area contributed by atoms with E-state index in [9.17, 15) is 70.2 Å². The SMILES string of the molecule is CCCCCC(F)(F)C(F)(F)C(F)(F)C(F)(F)C(F)(F)C(F)(F)C(F)(F)C(F)(F)CCCC. The van der Waals surface area contributed by atoms with Crippen molar-refractivity contribution in [1.29, 1.82) is 0 Å². The number of hydrogen-bond acceptors (Lipinski definition) is 0. The molecule has 0 aliphatic rings. The molecule has 0 fully saturated rings. The highest BCUT2D eigenvalue weighted by atomic mass is 19.4. The van der Waals surface area contributed by atoms with Gasteiger partial charge in [0.15, 0.2) is 0 Å². The van der Waals surface area contributed by atoms with Gasteiger partial charge in [-0.25, -0.2) is 0 Å². The summed E-state index contributed by atoms with van der Waals surface area (Å²) >= 11 is 0. The fourth-order valence-corrected chi connectivity index (χ4v) is 2.56. The van der Waals surface area contributed by atoms with Gasteiger partial charge < -0.3 is 0 Å². The minimum absolute atomic E-state index is 0.0137. The first-order valence-corrected chi connectivity index (χ1v) is 9.40. The predicted molar refractivity (Wildman–Crippen MR) is 83.2 cm³/mol. The Kier molecular flexibility index (Phi) is 9.17. The number of alkyl halides is 16. The molecular formula is C17H20F16. The molecule has 0 saturated carbocycles. The van der Waals surface area contributed by atoms with E-state index < -0.39 is 79.5 Å². The molecule has 0 radical (unpaired) electrons. The molecule has 0 heterocycles. The molecule has 0 saturated heterocycles. The molecule has 0 rings (SSSR count). The first kappa shape index (κ1) is 31.9. The van der Waals surface area contributed by atoms with Crippen LogP contribution in [0.5, 0.6) is 0 Å². The summed E-state index contributed by atoms with van der Waals surface area (Å²) in [5, 5.41) is 0. The minimum Gasteiger partial charge on any atom is -0.200 e. The largest absolute Gasteiger partial charge is 0.384 e. The lowest BCUT2D eigenvalue weighted by molar-refractivity contribution is -0.453. The summed E-state index contributed by atoms with van der Waals surface area (Å²) in [4.78, 5) is 0. The maximum absolute atomic E-state index is 13.7. The second-order valence-corrected chi connectivity index (χ2v) is 7.42. The van der Waals surface area contributed by atoms with Crippen LogP contribution in [0, 0.1) is 0 Å². The summed E-state index contributed by atoms with van der Waals surface area (Å²) in [6.45, 7) is 2.34. The molecule has 0 aliphatic carbocycles. The van der Waals surface area contributed by atoms with E-state index in [1.165, 1.54) is 6.92 Å². The Hall–Kier alpha value is -1.12. The van der Waals surface area contributed by atoms with Gasteiger partial charge in [-0.15, -0.1) is 0 Å². The molecular weight excluding hydrogens is 508 g/mol. The monoisotopic (exact) mass is 528 g/mol. The van der Waals surface area contributed by atoms with E-state index in [4.69, 9.17) is 0 Å². The van der Waals surface area contributed by atoms with Crippen molar-refractivity contribution in [2.75, 3.05) is 0 Å². The highest BCUT2D eigenvalue weighted by Crippen LogP contribution is 2.64. The average molecular weight is 528 g/mol. The van der Waals surface area contributed by atoms with Gasteiger partial charge in [0.25, 0.3) is 0 Å². The Labute approximate surface area is 177 Å². The highest BCUT2D eigenvalue weighted by Gasteiger charge is 2.94. The van der Waals surface area contributed by atoms with Crippen LogP contribution in [-0.2, 0) is 0 Å². The molecule has 16 heteroatoms. The zero-order valence-electron chi connectivity index (χ0n) is 17.0. The molecule has 200 valence electrons. The van der Waals surface area contributed by atoms with E-state index in [-0.39, 0.29) is 12.8 Å². The van der Waals surface area contributed by atoms with Gasteiger partial charge in [-0.05, 0) is 12.8 Å². The van der Waals surface area contributed by atoms with Gasteiger partial charge >= 0.3 is 47.4 Å². The lowest BCUT2D eigenvalue weighted by Gasteiger charge is -2.43. The number of halogens is 16. The van der Waals surface area contributed by atoms with Crippen LogP contribution in [-0.4, -0.2) is 47.4 Å². The van der Waals surface area contributed by atoms with E-state index >= 15 is 0 Å². The number of rotatable bonds is 14. The number of hydrogen-bond donors (Lipinski definition) is 0. The van der Waals surface area contributed by atoms with Crippen molar-refractivity contribution < 1.29 is 70.2 Å². The van der Waals surface area contributed by atoms with Crippen molar-refractivity contribution in [1.82, 2.24) is 0 Å². The fraction of sp³-hybridized carbons (Fsp3) is 1.00. The molecule has 0 aliphatic heterocycles. The van der Waals surface area contributed by atoms with Crippen LogP contribution >= 0.6 is 0 Å². The van der Waals surface area contributed by atoms with E-state index in [1.54, 1.807) is 0 Å². The first-order valence-electron chi connectivity index (χ1n) is 9.40. The third kappa shape index (κ3) is 4.85. The maximum Gasteiger partial charge on any atom is 0.384 e. The van der Waals surface area contributed by atoms with Crippen LogP contribution in [0.4, 0.5) is 70.2 Å². The Balaban J connectivity index is 6.52. The van der Waals surface area contributed by atoms with Crippen LogP contribution in [0.3, 0.4) is 0 Å². The maximum atomic E-state index is 13.7. The quantitative estimate of drug-likeness (QED) is 0.156. The van der Waals surface area contributed by atoms with Crippen LogP contribution < -0.4 is 0 Å². The second-order valence-electron chi connectivity index (χ2n) is 7.42. The minimum atomic E-state index is -8.33. The topological polar surface area (TPSA) is 0 Å². The predicted octanol–water partition coefficient (Wildman–Crippen LogP) is 8.84. The zero-order chi connectivity index (χ0) is 26.9. The Morgan fingerprint density at radius 2 is 0.576 bits per heavy atom. The molecule has 33 heavy (non-hydrogen) atoms. The van der Waals surface area contributed by atoms with Gasteiger partial charge in [0.2, 0.25) is 0 Å². The summed E-state index contributed by atoms with van der Waals surface area (Å²) in [6.07, 6.45) is -7.39. The first-order chi connectivity index (χ1) is 14.4. The van der Waals surface area contributed by atoms with Crippen molar-refractivity contribution in [2.45, 2.75) is 106 Å². The van der Waals surface area contributed by atoms with Crippen LogP contribution in [0.25, 0.3) is 0 Å². The molecule has 0 nitrogen and oxygen atoms in total. The Morgan fingerprint density at radius 1 is 0.333 bits per heavy atom. The van der Waals surface area contributed by atoms with Gasteiger partial charge in [-0.2, -0.15) is 70.2 Å². The third-order valence-corrected chi connectivity index (χ3v) is 4.83. The average Bonchev–Trinajstić information content (AvgIpc) is 2.65. The summed E-state index contributed by atoms with van der Waals surface area (Å²) in [5.41, 5.74) is 0. The van der Waals surface area contributed by atoms with Crippen LogP contribution in [0.1, 0.15) is 58.8 Å². The molecule has 0 aromatic rings. The fourth-order valence-electron chi connectivity index (χ4n) is 2.56. The summed E-state index contributed by atoms with van der Waals surface area (Å²) in [5.74, 6) is -60.1. The summed E-state index contributed by atoms with van der Waals surface area (Å²) < 4.78 is 218. The van der Waals surface area contributed by atoms with Gasteiger partial charge in [-0.3, -0.25) is 0 Å². The molecule has 0 bridgehead atoms. The van der Waals surface area contributed by atoms with Gasteiger partial charge in [0.1, 0.15) is 0 Å². The van der Waals surface area contributed by atoms with Crippen molar-refractivity contribution in [3.8, 4) is 0 Å². The van der Waals surface area contributed by atoms with Gasteiger partial charge in [-0.1, -0.05) is 33.1 Å². The number of unbranched alkanes of at least 4 members (excludes halogenated alkanes) is 3. The second kappa shape index (κ2) is 9.50. The van der Waals surface area contributed by atoms with Crippen molar-refractivity contribution in [3.63, 3.8) is 0 Å². The normalized spacial score (nSPS) is 15.8. The van der Waals surface area contributed by atoms with Crippen molar-refractivity contribution in [2.24, 2.45) is 0 Å². The van der Waals surface area contributed by atoms with E-state index in [2.05, 4.69) is 0 Å². The zero-order valence-corrected chi connectivity index (χ0v) is 17.0. The van der Waals surface area contributed by atoms with E-state index in [1.807, 2.05) is 0 Å². The van der Waals surface area contributed by atoms with E-state index in [0.717, 1.165) is 6.92 Å². The lowest BCUT2D eigenvalue weighted by atomic mass is 9.86. The van der Waals surface area contributed by atoms with Crippen LogP contribution in [0.15, 0.2) is 0 Å². The Bertz CT molecular complexity index is 637. The van der Waals surface area contributed by atoms with Crippen LogP contribution in [0.2, 0.25) is 0 Å².